The molecule has 3 aromatic rings. The van der Waals surface area contributed by atoms with Crippen molar-refractivity contribution >= 4 is 34.9 Å². The third kappa shape index (κ3) is 4.34. The van der Waals surface area contributed by atoms with Crippen LogP contribution in [-0.2, 0) is 6.18 Å². The molecule has 0 aliphatic rings. The van der Waals surface area contributed by atoms with E-state index in [9.17, 15) is 18.4 Å². The fourth-order valence-corrected chi connectivity index (χ4v) is 3.70. The van der Waals surface area contributed by atoms with Gasteiger partial charge in [-0.15, -0.1) is 0 Å². The summed E-state index contributed by atoms with van der Waals surface area (Å²) in [6.45, 7) is 3.59. The Morgan fingerprint density at radius 3 is 2.41 bits per heavy atom. The predicted molar refractivity (Wildman–Crippen MR) is 110 cm³/mol. The van der Waals surface area contributed by atoms with Gasteiger partial charge in [-0.1, -0.05) is 35.3 Å². The van der Waals surface area contributed by atoms with Crippen molar-refractivity contribution in [3.8, 4) is 11.8 Å². The summed E-state index contributed by atoms with van der Waals surface area (Å²) in [4.78, 5) is 0. The summed E-state index contributed by atoms with van der Waals surface area (Å²) in [6, 6.07) is 13.9. The van der Waals surface area contributed by atoms with E-state index in [1.54, 1.807) is 48.8 Å². The second kappa shape index (κ2) is 7.98. The normalized spacial score (nSPS) is 12.1. The van der Waals surface area contributed by atoms with Crippen LogP contribution in [0.4, 0.5) is 13.2 Å². The van der Waals surface area contributed by atoms with Crippen molar-refractivity contribution in [3.05, 3.63) is 86.7 Å². The topological polar surface area (TPSA) is 28.7 Å². The molecule has 0 amide bonds. The Bertz CT molecular complexity index is 1150. The minimum absolute atomic E-state index is 0.330. The Hall–Kier alpha value is -2.68. The number of aromatic nitrogens is 1. The lowest BCUT2D eigenvalue weighted by atomic mass is 10.0. The Kier molecular flexibility index (Phi) is 5.79. The van der Waals surface area contributed by atoms with Gasteiger partial charge in [0.2, 0.25) is 0 Å². The number of aryl methyl sites for hydroxylation is 1. The molecule has 0 saturated carbocycles. The number of hydrogen-bond acceptors (Lipinski definition) is 1. The molecule has 2 nitrogen and oxygen atoms in total. The van der Waals surface area contributed by atoms with Crippen LogP contribution in [-0.4, -0.2) is 4.57 Å². The number of benzene rings is 2. The Morgan fingerprint density at radius 1 is 1.07 bits per heavy atom. The van der Waals surface area contributed by atoms with Gasteiger partial charge in [0.1, 0.15) is 0 Å². The Balaban J connectivity index is 2.10. The molecule has 0 aliphatic heterocycles. The number of allylic oxidation sites excluding steroid dienone is 1. The molecule has 3 rings (SSSR count). The van der Waals surface area contributed by atoms with E-state index in [4.69, 9.17) is 23.2 Å². The zero-order valence-corrected chi connectivity index (χ0v) is 17.0. The van der Waals surface area contributed by atoms with E-state index in [1.165, 1.54) is 6.07 Å². The number of nitriles is 1. The molecule has 0 unspecified atom stereocenters. The number of hydrogen-bond donors (Lipinski definition) is 0. The van der Waals surface area contributed by atoms with E-state index in [1.807, 2.05) is 6.07 Å². The zero-order chi connectivity index (χ0) is 21.3. The second-order valence-corrected chi connectivity index (χ2v) is 7.35. The third-order valence-electron chi connectivity index (χ3n) is 4.54. The molecule has 29 heavy (non-hydrogen) atoms. The first kappa shape index (κ1) is 21.0. The van der Waals surface area contributed by atoms with Crippen LogP contribution < -0.4 is 0 Å². The number of alkyl halides is 3. The van der Waals surface area contributed by atoms with Crippen molar-refractivity contribution in [2.75, 3.05) is 0 Å². The molecule has 1 aromatic heterocycles. The largest absolute Gasteiger partial charge is 0.416 e. The first-order valence-electron chi connectivity index (χ1n) is 8.55. The average molecular weight is 435 g/mol. The molecule has 0 radical (unpaired) electrons. The van der Waals surface area contributed by atoms with Gasteiger partial charge in [-0.2, -0.15) is 18.4 Å². The minimum atomic E-state index is -4.42. The van der Waals surface area contributed by atoms with Crippen molar-refractivity contribution in [2.45, 2.75) is 20.0 Å². The lowest BCUT2D eigenvalue weighted by Crippen LogP contribution is -2.07. The van der Waals surface area contributed by atoms with Gasteiger partial charge in [0.25, 0.3) is 0 Å². The van der Waals surface area contributed by atoms with E-state index in [2.05, 4.69) is 6.07 Å². The molecule has 0 fully saturated rings. The van der Waals surface area contributed by atoms with Crippen molar-refractivity contribution in [1.82, 2.24) is 4.57 Å². The number of rotatable bonds is 3. The van der Waals surface area contributed by atoms with Gasteiger partial charge in [0.15, 0.2) is 0 Å². The summed E-state index contributed by atoms with van der Waals surface area (Å²) in [5.41, 5.74) is 2.70. The molecule has 0 N–H and O–H groups in total. The van der Waals surface area contributed by atoms with Crippen LogP contribution in [0.3, 0.4) is 0 Å². The number of halogens is 5. The highest BCUT2D eigenvalue weighted by Crippen LogP contribution is 2.33. The van der Waals surface area contributed by atoms with Gasteiger partial charge in [-0.25, -0.2) is 0 Å². The average Bonchev–Trinajstić information content (AvgIpc) is 2.93. The van der Waals surface area contributed by atoms with Crippen LogP contribution in [0, 0.1) is 25.2 Å². The zero-order valence-electron chi connectivity index (χ0n) is 15.5. The molecule has 0 atom stereocenters. The molecular weight excluding hydrogens is 420 g/mol. The van der Waals surface area contributed by atoms with Gasteiger partial charge in [-0.3, -0.25) is 0 Å². The molecular formula is C22H15Cl2F3N2. The molecule has 1 heterocycles. The highest BCUT2D eigenvalue weighted by atomic mass is 35.5. The van der Waals surface area contributed by atoms with Gasteiger partial charge in [0.05, 0.1) is 22.2 Å². The van der Waals surface area contributed by atoms with Crippen LogP contribution in [0.5, 0.6) is 0 Å². The fourth-order valence-electron chi connectivity index (χ4n) is 3.19. The summed E-state index contributed by atoms with van der Waals surface area (Å²) < 4.78 is 41.0. The van der Waals surface area contributed by atoms with E-state index >= 15 is 0 Å². The molecule has 0 aliphatic carbocycles. The first-order chi connectivity index (χ1) is 13.6. The smallest absolute Gasteiger partial charge is 0.318 e. The molecule has 148 valence electrons. The highest BCUT2D eigenvalue weighted by Gasteiger charge is 2.30. The van der Waals surface area contributed by atoms with E-state index in [0.717, 1.165) is 17.8 Å². The second-order valence-electron chi connectivity index (χ2n) is 6.50. The summed E-state index contributed by atoms with van der Waals surface area (Å²) in [6.07, 6.45) is -2.76. The third-order valence-corrected chi connectivity index (χ3v) is 5.09. The van der Waals surface area contributed by atoms with Gasteiger partial charge < -0.3 is 4.57 Å². The van der Waals surface area contributed by atoms with Crippen LogP contribution in [0.1, 0.15) is 28.1 Å². The molecule has 0 bridgehead atoms. The maximum atomic E-state index is 13.1. The monoisotopic (exact) mass is 434 g/mol. The van der Waals surface area contributed by atoms with Gasteiger partial charge >= 0.3 is 6.18 Å². The lowest BCUT2D eigenvalue weighted by molar-refractivity contribution is -0.137. The maximum absolute atomic E-state index is 13.1. The van der Waals surface area contributed by atoms with Crippen molar-refractivity contribution < 1.29 is 13.2 Å². The van der Waals surface area contributed by atoms with E-state index in [-0.39, 0.29) is 0 Å². The quantitative estimate of drug-likeness (QED) is 0.392. The van der Waals surface area contributed by atoms with E-state index in [0.29, 0.717) is 38.1 Å². The SMILES string of the molecule is Cc1cc(C=C(C#N)c2ccc(Cl)cc2Cl)c(C)n1-c1cccc(C(F)(F)F)c1. The Morgan fingerprint density at radius 2 is 1.79 bits per heavy atom. The van der Waals surface area contributed by atoms with E-state index < -0.39 is 11.7 Å². The van der Waals surface area contributed by atoms with Gasteiger partial charge in [0, 0.05) is 27.7 Å². The Labute approximate surface area is 176 Å². The standard InChI is InChI=1S/C22H15Cl2F3N2/c1-13-8-15(9-16(12-28)20-7-6-18(23)11-21(20)24)14(2)29(13)19-5-3-4-17(10-19)22(25,26)27/h3-11H,1-2H3. The summed E-state index contributed by atoms with van der Waals surface area (Å²) >= 11 is 12.1. The molecule has 0 spiro atoms. The van der Waals surface area contributed by atoms with Crippen LogP contribution >= 0.6 is 23.2 Å². The molecule has 2 aromatic carbocycles. The first-order valence-corrected chi connectivity index (χ1v) is 9.31. The summed E-state index contributed by atoms with van der Waals surface area (Å²) in [7, 11) is 0. The maximum Gasteiger partial charge on any atom is 0.416 e. The summed E-state index contributed by atoms with van der Waals surface area (Å²) in [5, 5.41) is 10.4. The van der Waals surface area contributed by atoms with Crippen LogP contribution in [0.15, 0.2) is 48.5 Å². The van der Waals surface area contributed by atoms with Crippen molar-refractivity contribution in [2.24, 2.45) is 0 Å². The van der Waals surface area contributed by atoms with Gasteiger partial charge in [-0.05, 0) is 61.9 Å². The number of nitrogens with zero attached hydrogens (tertiary/aromatic N) is 2. The predicted octanol–water partition coefficient (Wildman–Crippen LogP) is 7.48. The van der Waals surface area contributed by atoms with Crippen molar-refractivity contribution in [1.29, 1.82) is 5.26 Å². The van der Waals surface area contributed by atoms with Crippen molar-refractivity contribution in [3.63, 3.8) is 0 Å². The lowest BCUT2D eigenvalue weighted by Gasteiger charge is -2.13. The van der Waals surface area contributed by atoms with Crippen LogP contribution in [0.25, 0.3) is 17.3 Å². The molecule has 0 saturated heterocycles. The summed E-state index contributed by atoms with van der Waals surface area (Å²) in [5.74, 6) is 0. The fraction of sp³-hybridized carbons (Fsp3) is 0.136. The van der Waals surface area contributed by atoms with Crippen LogP contribution in [0.2, 0.25) is 10.0 Å². The molecule has 7 heteroatoms. The minimum Gasteiger partial charge on any atom is -0.318 e. The highest BCUT2D eigenvalue weighted by molar-refractivity contribution is 6.36.